The molecule has 2 aliphatic rings. The molecule has 0 amide bonds. The summed E-state index contributed by atoms with van der Waals surface area (Å²) in [5.41, 5.74) is 12.8. The fourth-order valence-electron chi connectivity index (χ4n) is 7.81. The maximum absolute atomic E-state index is 6.55. The van der Waals surface area contributed by atoms with Crippen LogP contribution in [0.5, 0.6) is 11.5 Å². The molecule has 0 N–H and O–H groups in total. The second-order valence-electron chi connectivity index (χ2n) is 11.6. The molecule has 0 radical (unpaired) electrons. The van der Waals surface area contributed by atoms with Gasteiger partial charge in [0.2, 0.25) is 5.78 Å². The van der Waals surface area contributed by atoms with Crippen molar-refractivity contribution in [2.24, 2.45) is 0 Å². The lowest BCUT2D eigenvalue weighted by Gasteiger charge is -2.32. The molecule has 0 saturated carbocycles. The zero-order valence-electron chi connectivity index (χ0n) is 22.9. The fourth-order valence-corrected chi connectivity index (χ4v) is 7.81. The summed E-state index contributed by atoms with van der Waals surface area (Å²) in [4.78, 5) is 5.21. The van der Waals surface area contributed by atoms with Gasteiger partial charge in [-0.1, -0.05) is 72.8 Å². The van der Waals surface area contributed by atoms with Crippen LogP contribution in [-0.4, -0.2) is 25.2 Å². The van der Waals surface area contributed by atoms with Gasteiger partial charge < -0.3 is 9.30 Å². The van der Waals surface area contributed by atoms with Gasteiger partial charge in [0.25, 0.3) is 6.71 Å². The van der Waals surface area contributed by atoms with Gasteiger partial charge in [-0.05, 0) is 71.0 Å². The Morgan fingerprint density at radius 1 is 0.558 bits per heavy atom. The second-order valence-corrected chi connectivity index (χ2v) is 11.6. The summed E-state index contributed by atoms with van der Waals surface area (Å²) >= 11 is 0. The molecular weight excluding hydrogens is 527 g/mol. The van der Waals surface area contributed by atoms with Crippen LogP contribution in [0.1, 0.15) is 0 Å². The van der Waals surface area contributed by atoms with Gasteiger partial charge in [0.1, 0.15) is 11.5 Å². The minimum atomic E-state index is 0.0595. The molecule has 0 fully saturated rings. The SMILES string of the molecule is c1ccc2c(c1)Oc1ccc3c4c1B2c1ccc(-n2c5ccccc5c5ccccc52)cc1-n4c1nc2ccccc2n31. The summed E-state index contributed by atoms with van der Waals surface area (Å²) in [7, 11) is 0. The number of hydrogen-bond acceptors (Lipinski definition) is 2. The van der Waals surface area contributed by atoms with E-state index in [0.717, 1.165) is 50.7 Å². The monoisotopic (exact) mass is 548 g/mol. The highest BCUT2D eigenvalue weighted by atomic mass is 16.5. The van der Waals surface area contributed by atoms with Gasteiger partial charge in [-0.25, -0.2) is 4.98 Å². The lowest BCUT2D eigenvalue weighted by molar-refractivity contribution is 0.488. The van der Waals surface area contributed by atoms with E-state index in [-0.39, 0.29) is 6.71 Å². The third-order valence-electron chi connectivity index (χ3n) is 9.51. The Morgan fingerprint density at radius 2 is 1.28 bits per heavy atom. The van der Waals surface area contributed by atoms with Crippen molar-refractivity contribution < 1.29 is 4.74 Å². The predicted molar refractivity (Wildman–Crippen MR) is 175 cm³/mol. The van der Waals surface area contributed by atoms with Crippen LogP contribution in [-0.2, 0) is 0 Å². The molecule has 2 aliphatic heterocycles. The number of ether oxygens (including phenoxy) is 1. The molecule has 0 spiro atoms. The van der Waals surface area contributed by atoms with Gasteiger partial charge in [0.05, 0.1) is 33.1 Å². The van der Waals surface area contributed by atoms with Crippen molar-refractivity contribution in [3.05, 3.63) is 127 Å². The molecule has 3 aromatic heterocycles. The smallest absolute Gasteiger partial charge is 0.256 e. The summed E-state index contributed by atoms with van der Waals surface area (Å²) in [6.45, 7) is 0.0595. The van der Waals surface area contributed by atoms with Gasteiger partial charge in [0, 0.05) is 22.1 Å². The van der Waals surface area contributed by atoms with Gasteiger partial charge >= 0.3 is 0 Å². The molecule has 0 bridgehead atoms. The zero-order chi connectivity index (χ0) is 27.8. The first-order valence-electron chi connectivity index (χ1n) is 14.7. The number of aromatic nitrogens is 4. The minimum absolute atomic E-state index is 0.0595. The number of nitrogens with zero attached hydrogens (tertiary/aromatic N) is 4. The first kappa shape index (κ1) is 21.9. The molecule has 43 heavy (non-hydrogen) atoms. The molecule has 0 aliphatic carbocycles. The first-order chi connectivity index (χ1) is 21.3. The molecule has 0 saturated heterocycles. The molecule has 198 valence electrons. The maximum atomic E-state index is 6.55. The molecule has 0 atom stereocenters. The van der Waals surface area contributed by atoms with E-state index in [2.05, 4.69) is 141 Å². The van der Waals surface area contributed by atoms with Crippen LogP contribution in [0, 0.1) is 0 Å². The van der Waals surface area contributed by atoms with E-state index >= 15 is 0 Å². The summed E-state index contributed by atoms with van der Waals surface area (Å²) < 4.78 is 13.6. The largest absolute Gasteiger partial charge is 0.458 e. The summed E-state index contributed by atoms with van der Waals surface area (Å²) in [6.07, 6.45) is 0. The van der Waals surface area contributed by atoms with Crippen molar-refractivity contribution in [3.8, 4) is 22.9 Å². The first-order valence-corrected chi connectivity index (χ1v) is 14.7. The van der Waals surface area contributed by atoms with Crippen LogP contribution in [0.3, 0.4) is 0 Å². The van der Waals surface area contributed by atoms with E-state index in [0.29, 0.717) is 0 Å². The lowest BCUT2D eigenvalue weighted by Crippen LogP contribution is -2.58. The number of benzene rings is 6. The van der Waals surface area contributed by atoms with Crippen molar-refractivity contribution in [1.82, 2.24) is 18.5 Å². The van der Waals surface area contributed by atoms with Crippen molar-refractivity contribution >= 4 is 72.8 Å². The average Bonchev–Trinajstić information content (AvgIpc) is 3.71. The van der Waals surface area contributed by atoms with E-state index < -0.39 is 0 Å². The van der Waals surface area contributed by atoms with Crippen molar-refractivity contribution in [2.75, 3.05) is 0 Å². The zero-order valence-corrected chi connectivity index (χ0v) is 22.9. The standard InChI is InChI=1S/C37H21BN4O/c1-5-13-28-23(9-1)24-10-2-6-14-29(24)40(28)22-17-18-25-32(21-22)42-36-31(41-30-15-7-4-12-27(30)39-37(41)42)19-20-34-35(36)38(25)26-11-3-8-16-33(26)43-34/h1-21H. The number of rotatable bonds is 1. The third kappa shape index (κ3) is 2.59. The molecule has 5 nitrogen and oxygen atoms in total. The van der Waals surface area contributed by atoms with E-state index in [1.54, 1.807) is 0 Å². The van der Waals surface area contributed by atoms with E-state index in [9.17, 15) is 0 Å². The molecule has 6 heteroatoms. The predicted octanol–water partition coefficient (Wildman–Crippen LogP) is 6.46. The van der Waals surface area contributed by atoms with Crippen LogP contribution in [0.4, 0.5) is 0 Å². The van der Waals surface area contributed by atoms with Crippen LogP contribution in [0.25, 0.3) is 61.0 Å². The third-order valence-corrected chi connectivity index (χ3v) is 9.51. The lowest BCUT2D eigenvalue weighted by atomic mass is 9.34. The summed E-state index contributed by atoms with van der Waals surface area (Å²) in [6, 6.07) is 45.6. The van der Waals surface area contributed by atoms with Crippen LogP contribution in [0.2, 0.25) is 0 Å². The quantitative estimate of drug-likeness (QED) is 0.221. The molecule has 0 unspecified atom stereocenters. The highest BCUT2D eigenvalue weighted by Crippen LogP contribution is 2.38. The molecule has 11 rings (SSSR count). The number of para-hydroxylation sites is 5. The summed E-state index contributed by atoms with van der Waals surface area (Å²) in [5, 5.41) is 2.52. The molecule has 5 heterocycles. The van der Waals surface area contributed by atoms with Crippen molar-refractivity contribution in [2.45, 2.75) is 0 Å². The number of imidazole rings is 2. The van der Waals surface area contributed by atoms with Crippen LogP contribution in [0.15, 0.2) is 127 Å². The molecule has 9 aromatic rings. The van der Waals surface area contributed by atoms with Gasteiger partial charge in [-0.3, -0.25) is 8.97 Å². The molecular formula is C37H21BN4O. The average molecular weight is 548 g/mol. The Morgan fingerprint density at radius 3 is 2.12 bits per heavy atom. The van der Waals surface area contributed by atoms with Crippen molar-refractivity contribution in [1.29, 1.82) is 0 Å². The number of fused-ring (bicyclic) bond motifs is 13. The van der Waals surface area contributed by atoms with Gasteiger partial charge in [-0.2, -0.15) is 0 Å². The van der Waals surface area contributed by atoms with Crippen molar-refractivity contribution in [3.63, 3.8) is 0 Å². The van der Waals surface area contributed by atoms with E-state index in [1.165, 1.54) is 38.2 Å². The van der Waals surface area contributed by atoms with E-state index in [1.807, 2.05) is 0 Å². The number of hydrogen-bond donors (Lipinski definition) is 0. The normalized spacial score (nSPS) is 13.3. The highest BCUT2D eigenvalue weighted by molar-refractivity contribution is 6.99. The van der Waals surface area contributed by atoms with Gasteiger partial charge in [-0.15, -0.1) is 0 Å². The van der Waals surface area contributed by atoms with E-state index in [4.69, 9.17) is 9.72 Å². The van der Waals surface area contributed by atoms with Crippen LogP contribution < -0.4 is 21.1 Å². The Labute approximate surface area is 245 Å². The fraction of sp³-hybridized carbons (Fsp3) is 0. The van der Waals surface area contributed by atoms with Crippen LogP contribution >= 0.6 is 0 Å². The Hall–Kier alpha value is -5.75. The Balaban J connectivity index is 1.32. The van der Waals surface area contributed by atoms with Gasteiger partial charge in [0.15, 0.2) is 0 Å². The topological polar surface area (TPSA) is 36.4 Å². The minimum Gasteiger partial charge on any atom is -0.458 e. The Bertz CT molecular complexity index is 2620. The Kier molecular flexibility index (Phi) is 3.85. The molecule has 6 aromatic carbocycles. The maximum Gasteiger partial charge on any atom is 0.256 e. The second kappa shape index (κ2) is 7.55. The highest BCUT2D eigenvalue weighted by Gasteiger charge is 2.41. The summed E-state index contributed by atoms with van der Waals surface area (Å²) in [5.74, 6) is 2.76.